The molecule has 17 heavy (non-hydrogen) atoms. The molecule has 1 aliphatic carbocycles. The minimum absolute atomic E-state index is 0.0839. The summed E-state index contributed by atoms with van der Waals surface area (Å²) in [5.41, 5.74) is 7.57. The molecule has 0 aromatic carbocycles. The molecule has 1 saturated heterocycles. The third kappa shape index (κ3) is 2.11. The monoisotopic (exact) mass is 235 g/mol. The highest BCUT2D eigenvalue weighted by atomic mass is 16.5. The number of imidazole rings is 1. The molecular weight excluding hydrogens is 214 g/mol. The standard InChI is InChI=1S/C13H21N3O/c14-13(10-5-6-17-8-10)12-7-15-9-16(12)11-3-1-2-4-11/h7,9-11,13H,1-6,8,14H2. The minimum Gasteiger partial charge on any atom is -0.381 e. The molecule has 0 amide bonds. The van der Waals surface area contributed by atoms with Crippen LogP contribution in [0.4, 0.5) is 0 Å². The average Bonchev–Trinajstić information content (AvgIpc) is 3.09. The molecule has 3 rings (SSSR count). The molecule has 1 aromatic rings. The predicted octanol–water partition coefficient (Wildman–Crippen LogP) is 2.03. The van der Waals surface area contributed by atoms with Crippen molar-refractivity contribution in [1.82, 2.24) is 9.55 Å². The zero-order valence-corrected chi connectivity index (χ0v) is 10.2. The predicted molar refractivity (Wildman–Crippen MR) is 65.6 cm³/mol. The first-order valence-corrected chi connectivity index (χ1v) is 6.71. The van der Waals surface area contributed by atoms with E-state index in [2.05, 4.69) is 9.55 Å². The zero-order chi connectivity index (χ0) is 11.7. The Morgan fingerprint density at radius 2 is 2.18 bits per heavy atom. The van der Waals surface area contributed by atoms with E-state index in [1.54, 1.807) is 0 Å². The number of nitrogens with two attached hydrogens (primary N) is 1. The Labute approximate surface area is 102 Å². The fourth-order valence-corrected chi connectivity index (χ4v) is 3.14. The maximum absolute atomic E-state index is 6.37. The second-order valence-corrected chi connectivity index (χ2v) is 5.31. The molecule has 0 spiro atoms. The number of hydrogen-bond acceptors (Lipinski definition) is 3. The van der Waals surface area contributed by atoms with Crippen LogP contribution in [-0.2, 0) is 4.74 Å². The van der Waals surface area contributed by atoms with Gasteiger partial charge in [0.2, 0.25) is 0 Å². The first kappa shape index (κ1) is 11.2. The van der Waals surface area contributed by atoms with E-state index >= 15 is 0 Å². The molecule has 1 aromatic heterocycles. The highest BCUT2D eigenvalue weighted by Crippen LogP contribution is 2.34. The van der Waals surface area contributed by atoms with Gasteiger partial charge in [-0.05, 0) is 19.3 Å². The van der Waals surface area contributed by atoms with Crippen LogP contribution in [0.15, 0.2) is 12.5 Å². The molecule has 2 unspecified atom stereocenters. The van der Waals surface area contributed by atoms with Gasteiger partial charge in [0.05, 0.1) is 24.7 Å². The largest absolute Gasteiger partial charge is 0.381 e. The summed E-state index contributed by atoms with van der Waals surface area (Å²) < 4.78 is 7.75. The van der Waals surface area contributed by atoms with E-state index in [-0.39, 0.29) is 6.04 Å². The molecule has 0 bridgehead atoms. The van der Waals surface area contributed by atoms with Crippen molar-refractivity contribution < 1.29 is 4.74 Å². The molecule has 0 radical (unpaired) electrons. The van der Waals surface area contributed by atoms with Crippen molar-refractivity contribution in [3.8, 4) is 0 Å². The van der Waals surface area contributed by atoms with Crippen LogP contribution in [-0.4, -0.2) is 22.8 Å². The van der Waals surface area contributed by atoms with Crippen molar-refractivity contribution in [1.29, 1.82) is 0 Å². The molecule has 2 aliphatic rings. The van der Waals surface area contributed by atoms with Gasteiger partial charge in [0, 0.05) is 24.8 Å². The molecule has 94 valence electrons. The van der Waals surface area contributed by atoms with E-state index in [4.69, 9.17) is 10.5 Å². The summed E-state index contributed by atoms with van der Waals surface area (Å²) in [5, 5.41) is 0. The molecule has 2 atom stereocenters. The van der Waals surface area contributed by atoms with E-state index in [1.165, 1.54) is 31.4 Å². The smallest absolute Gasteiger partial charge is 0.0951 e. The summed E-state index contributed by atoms with van der Waals surface area (Å²) in [5.74, 6) is 0.465. The summed E-state index contributed by atoms with van der Waals surface area (Å²) in [6.07, 6.45) is 10.2. The van der Waals surface area contributed by atoms with Crippen LogP contribution >= 0.6 is 0 Å². The van der Waals surface area contributed by atoms with Gasteiger partial charge in [-0.1, -0.05) is 12.8 Å². The summed E-state index contributed by atoms with van der Waals surface area (Å²) in [6.45, 7) is 1.66. The minimum atomic E-state index is 0.0839. The van der Waals surface area contributed by atoms with Crippen LogP contribution in [0.1, 0.15) is 49.9 Å². The van der Waals surface area contributed by atoms with Gasteiger partial charge in [-0.15, -0.1) is 0 Å². The number of hydrogen-bond donors (Lipinski definition) is 1. The SMILES string of the molecule is NC(c1cncn1C1CCCC1)C1CCOC1. The fourth-order valence-electron chi connectivity index (χ4n) is 3.14. The Bertz CT molecular complexity index is 364. The number of rotatable bonds is 3. The van der Waals surface area contributed by atoms with E-state index in [0.717, 1.165) is 19.6 Å². The second kappa shape index (κ2) is 4.78. The van der Waals surface area contributed by atoms with E-state index in [9.17, 15) is 0 Å². The Morgan fingerprint density at radius 1 is 1.35 bits per heavy atom. The normalized spacial score (nSPS) is 27.7. The van der Waals surface area contributed by atoms with Crippen molar-refractivity contribution in [3.63, 3.8) is 0 Å². The van der Waals surface area contributed by atoms with Gasteiger partial charge in [0.25, 0.3) is 0 Å². The van der Waals surface area contributed by atoms with Crippen molar-refractivity contribution in [2.75, 3.05) is 13.2 Å². The number of nitrogens with zero attached hydrogens (tertiary/aromatic N) is 2. The zero-order valence-electron chi connectivity index (χ0n) is 10.2. The second-order valence-electron chi connectivity index (χ2n) is 5.31. The van der Waals surface area contributed by atoms with Crippen molar-refractivity contribution in [2.24, 2.45) is 11.7 Å². The number of ether oxygens (including phenoxy) is 1. The van der Waals surface area contributed by atoms with Crippen LogP contribution in [0, 0.1) is 5.92 Å². The van der Waals surface area contributed by atoms with Crippen LogP contribution in [0.25, 0.3) is 0 Å². The molecule has 2 heterocycles. The van der Waals surface area contributed by atoms with Crippen molar-refractivity contribution >= 4 is 0 Å². The van der Waals surface area contributed by atoms with Crippen molar-refractivity contribution in [2.45, 2.75) is 44.2 Å². The Kier molecular flexibility index (Phi) is 3.16. The summed E-state index contributed by atoms with van der Waals surface area (Å²) in [6, 6.07) is 0.710. The quantitative estimate of drug-likeness (QED) is 0.872. The van der Waals surface area contributed by atoms with Gasteiger partial charge in [-0.2, -0.15) is 0 Å². The van der Waals surface area contributed by atoms with Gasteiger partial charge >= 0.3 is 0 Å². The van der Waals surface area contributed by atoms with Gasteiger partial charge in [-0.25, -0.2) is 4.98 Å². The summed E-state index contributed by atoms with van der Waals surface area (Å²) in [4.78, 5) is 4.30. The van der Waals surface area contributed by atoms with Crippen molar-refractivity contribution in [3.05, 3.63) is 18.2 Å². The molecule has 2 fully saturated rings. The van der Waals surface area contributed by atoms with Gasteiger partial charge in [-0.3, -0.25) is 0 Å². The Hall–Kier alpha value is -0.870. The number of aromatic nitrogens is 2. The van der Waals surface area contributed by atoms with Gasteiger partial charge < -0.3 is 15.0 Å². The molecular formula is C13H21N3O. The molecule has 2 N–H and O–H groups in total. The third-order valence-corrected chi connectivity index (χ3v) is 4.23. The molecule has 4 heteroatoms. The Morgan fingerprint density at radius 3 is 2.88 bits per heavy atom. The lowest BCUT2D eigenvalue weighted by Gasteiger charge is -2.22. The highest BCUT2D eigenvalue weighted by molar-refractivity contribution is 5.09. The summed E-state index contributed by atoms with van der Waals surface area (Å²) in [7, 11) is 0. The summed E-state index contributed by atoms with van der Waals surface area (Å²) >= 11 is 0. The van der Waals surface area contributed by atoms with Crippen LogP contribution in [0.2, 0.25) is 0 Å². The topological polar surface area (TPSA) is 53.1 Å². The van der Waals surface area contributed by atoms with Gasteiger partial charge in [0.1, 0.15) is 0 Å². The van der Waals surface area contributed by atoms with E-state index < -0.39 is 0 Å². The lowest BCUT2D eigenvalue weighted by molar-refractivity contribution is 0.180. The maximum atomic E-state index is 6.37. The lowest BCUT2D eigenvalue weighted by Crippen LogP contribution is -2.25. The van der Waals surface area contributed by atoms with Crippen LogP contribution in [0.3, 0.4) is 0 Å². The lowest BCUT2D eigenvalue weighted by atomic mass is 9.97. The van der Waals surface area contributed by atoms with Crippen LogP contribution < -0.4 is 5.73 Å². The Balaban J connectivity index is 1.79. The van der Waals surface area contributed by atoms with Gasteiger partial charge in [0.15, 0.2) is 0 Å². The van der Waals surface area contributed by atoms with Crippen LogP contribution in [0.5, 0.6) is 0 Å². The first-order valence-electron chi connectivity index (χ1n) is 6.71. The molecule has 1 aliphatic heterocycles. The highest BCUT2D eigenvalue weighted by Gasteiger charge is 2.28. The molecule has 1 saturated carbocycles. The fraction of sp³-hybridized carbons (Fsp3) is 0.769. The maximum Gasteiger partial charge on any atom is 0.0951 e. The third-order valence-electron chi connectivity index (χ3n) is 4.23. The first-order chi connectivity index (χ1) is 8.36. The molecule has 4 nitrogen and oxygen atoms in total. The average molecular weight is 235 g/mol. The van der Waals surface area contributed by atoms with E-state index in [0.29, 0.717) is 12.0 Å². The van der Waals surface area contributed by atoms with E-state index in [1.807, 2.05) is 12.5 Å².